The van der Waals surface area contributed by atoms with Gasteiger partial charge in [0.05, 0.1) is 12.1 Å². The van der Waals surface area contributed by atoms with Crippen molar-refractivity contribution in [3.8, 4) is 10.4 Å². The van der Waals surface area contributed by atoms with E-state index in [1.54, 1.807) is 0 Å². The third kappa shape index (κ3) is 2.10. The molecule has 0 unspecified atom stereocenters. The Kier molecular flexibility index (Phi) is 3.20. The molecule has 0 saturated carbocycles. The number of nitrogens with zero attached hydrogens (tertiary/aromatic N) is 1. The van der Waals surface area contributed by atoms with Gasteiger partial charge in [0.2, 0.25) is 0 Å². The van der Waals surface area contributed by atoms with Crippen molar-refractivity contribution in [2.75, 3.05) is 25.4 Å². The van der Waals surface area contributed by atoms with Crippen LogP contribution in [-0.2, 0) is 16.8 Å². The number of rotatable bonds is 1. The van der Waals surface area contributed by atoms with Gasteiger partial charge in [-0.05, 0) is 61.7 Å². The molecule has 5 rings (SSSR count). The van der Waals surface area contributed by atoms with E-state index in [1.807, 2.05) is 11.3 Å². The Labute approximate surface area is 144 Å². The summed E-state index contributed by atoms with van der Waals surface area (Å²) < 4.78 is 6.29. The van der Waals surface area contributed by atoms with E-state index in [-0.39, 0.29) is 5.60 Å². The zero-order valence-electron chi connectivity index (χ0n) is 13.4. The molecule has 0 atom stereocenters. The number of anilines is 1. The highest BCUT2D eigenvalue weighted by Crippen LogP contribution is 2.46. The minimum Gasteiger partial charge on any atom is -0.382 e. The van der Waals surface area contributed by atoms with Crippen LogP contribution >= 0.6 is 11.3 Å². The Balaban J connectivity index is 1.61. The monoisotopic (exact) mass is 340 g/mol. The number of ether oxygens (including phenoxy) is 1. The summed E-state index contributed by atoms with van der Waals surface area (Å²) in [5.41, 5.74) is 9.55. The highest BCUT2D eigenvalue weighted by molar-refractivity contribution is 7.15. The van der Waals surface area contributed by atoms with E-state index < -0.39 is 0 Å². The average Bonchev–Trinajstić information content (AvgIpc) is 3.21. The molecule has 1 fully saturated rings. The minimum atomic E-state index is -0.0689. The first-order valence-corrected chi connectivity index (χ1v) is 9.29. The van der Waals surface area contributed by atoms with Crippen molar-refractivity contribution in [1.29, 1.82) is 0 Å². The molecule has 4 heterocycles. The van der Waals surface area contributed by atoms with Crippen LogP contribution in [0, 0.1) is 0 Å². The second-order valence-corrected chi connectivity index (χ2v) is 7.73. The zero-order valence-corrected chi connectivity index (χ0v) is 14.2. The number of thiophene rings is 1. The molecule has 5 nitrogen and oxygen atoms in total. The predicted molar refractivity (Wildman–Crippen MR) is 97.3 cm³/mol. The molecule has 1 aromatic carbocycles. The quantitative estimate of drug-likeness (QED) is 0.636. The summed E-state index contributed by atoms with van der Waals surface area (Å²) in [6, 6.07) is 8.70. The normalized spacial score (nSPS) is 19.7. The summed E-state index contributed by atoms with van der Waals surface area (Å²) >= 11 is 1.89. The van der Waals surface area contributed by atoms with Gasteiger partial charge in [-0.2, -0.15) is 5.10 Å². The van der Waals surface area contributed by atoms with E-state index in [1.165, 1.54) is 20.9 Å². The van der Waals surface area contributed by atoms with Crippen molar-refractivity contribution in [2.24, 2.45) is 0 Å². The molecule has 0 aliphatic carbocycles. The molecule has 0 amide bonds. The van der Waals surface area contributed by atoms with Crippen molar-refractivity contribution in [3.05, 3.63) is 34.7 Å². The fourth-order valence-electron chi connectivity index (χ4n) is 3.95. The fourth-order valence-corrected chi connectivity index (χ4v) is 5.36. The van der Waals surface area contributed by atoms with Crippen molar-refractivity contribution in [2.45, 2.75) is 24.9 Å². The maximum atomic E-state index is 6.29. The summed E-state index contributed by atoms with van der Waals surface area (Å²) in [6.07, 6.45) is 3.14. The molecule has 1 spiro atoms. The number of nitrogen functional groups attached to an aromatic ring is 1. The molecular weight excluding hydrogens is 320 g/mol. The van der Waals surface area contributed by atoms with Gasteiger partial charge in [0.25, 0.3) is 0 Å². The van der Waals surface area contributed by atoms with Crippen LogP contribution in [0.25, 0.3) is 21.3 Å². The van der Waals surface area contributed by atoms with Crippen LogP contribution in [0.3, 0.4) is 0 Å². The number of nitrogens with one attached hydrogen (secondary N) is 2. The summed E-state index contributed by atoms with van der Waals surface area (Å²) in [5.74, 6) is 0.561. The molecule has 0 bridgehead atoms. The highest BCUT2D eigenvalue weighted by atomic mass is 32.1. The molecular formula is C18H20N4OS. The van der Waals surface area contributed by atoms with Gasteiger partial charge in [0.1, 0.15) is 5.60 Å². The Morgan fingerprint density at radius 3 is 2.96 bits per heavy atom. The number of hydrogen-bond donors (Lipinski definition) is 3. The van der Waals surface area contributed by atoms with Crippen molar-refractivity contribution >= 4 is 28.1 Å². The lowest BCUT2D eigenvalue weighted by atomic mass is 9.86. The molecule has 124 valence electrons. The van der Waals surface area contributed by atoms with Crippen molar-refractivity contribution in [3.63, 3.8) is 0 Å². The Bertz CT molecular complexity index is 907. The maximum Gasteiger partial charge on any atom is 0.153 e. The van der Waals surface area contributed by atoms with Gasteiger partial charge < -0.3 is 15.8 Å². The van der Waals surface area contributed by atoms with Gasteiger partial charge >= 0.3 is 0 Å². The van der Waals surface area contributed by atoms with Crippen LogP contribution in [0.2, 0.25) is 0 Å². The lowest BCUT2D eigenvalue weighted by molar-refractivity contribution is -0.0771. The lowest BCUT2D eigenvalue weighted by Crippen LogP contribution is -2.43. The van der Waals surface area contributed by atoms with Gasteiger partial charge in [-0.1, -0.05) is 6.07 Å². The summed E-state index contributed by atoms with van der Waals surface area (Å²) in [7, 11) is 0. The summed E-state index contributed by atoms with van der Waals surface area (Å²) in [4.78, 5) is 2.73. The third-order valence-corrected chi connectivity index (χ3v) is 6.67. The number of benzene rings is 1. The number of aromatic nitrogens is 2. The average molecular weight is 340 g/mol. The van der Waals surface area contributed by atoms with Crippen LogP contribution < -0.4 is 11.1 Å². The summed E-state index contributed by atoms with van der Waals surface area (Å²) in [6.45, 7) is 2.89. The Hall–Kier alpha value is -1.89. The first-order chi connectivity index (χ1) is 11.8. The van der Waals surface area contributed by atoms with Crippen LogP contribution in [0.5, 0.6) is 0 Å². The molecule has 24 heavy (non-hydrogen) atoms. The smallest absolute Gasteiger partial charge is 0.153 e. The zero-order chi connectivity index (χ0) is 16.1. The van der Waals surface area contributed by atoms with E-state index in [0.29, 0.717) is 5.82 Å². The number of nitrogens with two attached hydrogens (primary N) is 1. The van der Waals surface area contributed by atoms with Gasteiger partial charge in [-0.25, -0.2) is 0 Å². The Morgan fingerprint density at radius 2 is 2.08 bits per heavy atom. The molecule has 6 heteroatoms. The summed E-state index contributed by atoms with van der Waals surface area (Å²) in [5, 5.41) is 11.5. The van der Waals surface area contributed by atoms with E-state index in [2.05, 4.69) is 39.8 Å². The van der Waals surface area contributed by atoms with E-state index >= 15 is 0 Å². The number of fused-ring (bicyclic) bond motifs is 3. The molecule has 2 aliphatic heterocycles. The first kappa shape index (κ1) is 14.5. The van der Waals surface area contributed by atoms with Gasteiger partial charge in [0.15, 0.2) is 5.82 Å². The molecule has 2 aromatic heterocycles. The number of aromatic amines is 1. The maximum absolute atomic E-state index is 6.29. The number of hydrogen-bond acceptors (Lipinski definition) is 5. The van der Waals surface area contributed by atoms with Crippen LogP contribution in [0.15, 0.2) is 24.3 Å². The van der Waals surface area contributed by atoms with Crippen LogP contribution in [0.4, 0.5) is 5.82 Å². The van der Waals surface area contributed by atoms with Gasteiger partial charge in [-0.3, -0.25) is 5.10 Å². The topological polar surface area (TPSA) is 76.0 Å². The largest absolute Gasteiger partial charge is 0.382 e. The van der Waals surface area contributed by atoms with E-state index in [4.69, 9.17) is 10.5 Å². The number of H-pyrrole nitrogens is 1. The molecule has 2 aliphatic rings. The molecule has 4 N–H and O–H groups in total. The van der Waals surface area contributed by atoms with Crippen molar-refractivity contribution in [1.82, 2.24) is 15.5 Å². The fraction of sp³-hybridized carbons (Fsp3) is 0.389. The highest BCUT2D eigenvalue weighted by Gasteiger charge is 2.40. The van der Waals surface area contributed by atoms with Gasteiger partial charge in [-0.15, -0.1) is 11.3 Å². The van der Waals surface area contributed by atoms with Crippen LogP contribution in [0.1, 0.15) is 23.3 Å². The standard InChI is InChI=1S/C18H20N4OS/c19-17-13-9-11(1-2-14(13)21-22-17)15-10-12-3-8-23-18(16(12)24-15)4-6-20-7-5-18/h1-2,9-10,20H,3-8H2,(H3,19,21,22). The third-order valence-electron chi connectivity index (χ3n) is 5.26. The minimum absolute atomic E-state index is 0.0689. The first-order valence-electron chi connectivity index (χ1n) is 8.47. The second kappa shape index (κ2) is 5.31. The van der Waals surface area contributed by atoms with Crippen molar-refractivity contribution < 1.29 is 4.74 Å². The van der Waals surface area contributed by atoms with E-state index in [0.717, 1.165) is 49.9 Å². The molecule has 1 saturated heterocycles. The molecule has 0 radical (unpaired) electrons. The van der Waals surface area contributed by atoms with Gasteiger partial charge in [0, 0.05) is 15.1 Å². The molecule has 3 aromatic rings. The second-order valence-electron chi connectivity index (χ2n) is 6.68. The Morgan fingerprint density at radius 1 is 1.21 bits per heavy atom. The predicted octanol–water partition coefficient (Wildman–Crippen LogP) is 3.03. The number of piperidine rings is 1. The van der Waals surface area contributed by atoms with E-state index in [9.17, 15) is 0 Å². The van der Waals surface area contributed by atoms with Crippen LogP contribution in [-0.4, -0.2) is 29.9 Å². The SMILES string of the molecule is Nc1n[nH]c2ccc(-c3cc4c(s3)C3(CCNCC3)OCC4)cc12. The lowest BCUT2D eigenvalue weighted by Gasteiger charge is -2.40.